The molecule has 3 rings (SSSR count). The number of hydrogen-bond acceptors (Lipinski definition) is 4. The number of nitrogens with zero attached hydrogens (tertiary/aromatic N) is 1. The molecule has 142 valence electrons. The first kappa shape index (κ1) is 18.9. The zero-order valence-electron chi connectivity index (χ0n) is 15.3. The molecule has 0 spiro atoms. The molecule has 0 fully saturated rings. The Morgan fingerprint density at radius 3 is 2.32 bits per heavy atom. The van der Waals surface area contributed by atoms with E-state index < -0.39 is 6.03 Å². The highest BCUT2D eigenvalue weighted by molar-refractivity contribution is 5.94. The smallest absolute Gasteiger partial charge is 0.316 e. The number of carbonyl (C=O) groups is 2. The van der Waals surface area contributed by atoms with Gasteiger partial charge in [-0.3, -0.25) is 4.79 Å². The van der Waals surface area contributed by atoms with Gasteiger partial charge in [0.15, 0.2) is 0 Å². The van der Waals surface area contributed by atoms with Gasteiger partial charge in [0.1, 0.15) is 5.75 Å². The molecule has 0 aliphatic carbocycles. The van der Waals surface area contributed by atoms with Crippen LogP contribution in [-0.4, -0.2) is 16.9 Å². The van der Waals surface area contributed by atoms with Crippen molar-refractivity contribution in [2.45, 2.75) is 13.0 Å². The Morgan fingerprint density at radius 2 is 1.71 bits per heavy atom. The molecule has 0 aliphatic heterocycles. The molecule has 3 aromatic rings. The lowest BCUT2D eigenvalue weighted by Crippen LogP contribution is -2.26. The van der Waals surface area contributed by atoms with Gasteiger partial charge in [0, 0.05) is 18.0 Å². The van der Waals surface area contributed by atoms with E-state index in [-0.39, 0.29) is 11.9 Å². The lowest BCUT2D eigenvalue weighted by molar-refractivity contribution is 0.0939. The number of carbonyl (C=O) groups excluding carboxylic acids is 2. The first-order chi connectivity index (χ1) is 13.5. The Labute approximate surface area is 162 Å². The number of amides is 3. The van der Waals surface area contributed by atoms with Gasteiger partial charge in [-0.05, 0) is 42.8 Å². The van der Waals surface area contributed by atoms with Gasteiger partial charge < -0.3 is 21.1 Å². The number of para-hydroxylation sites is 1. The molecule has 28 heavy (non-hydrogen) atoms. The lowest BCUT2D eigenvalue weighted by atomic mass is 10.1. The van der Waals surface area contributed by atoms with Crippen LogP contribution in [0.1, 0.15) is 28.9 Å². The number of pyridine rings is 1. The summed E-state index contributed by atoms with van der Waals surface area (Å²) in [5, 5.41) is 5.40. The van der Waals surface area contributed by atoms with Crippen molar-refractivity contribution in [2.24, 2.45) is 5.73 Å². The number of aromatic nitrogens is 1. The molecule has 1 atom stereocenters. The molecule has 0 saturated heterocycles. The quantitative estimate of drug-likeness (QED) is 0.607. The summed E-state index contributed by atoms with van der Waals surface area (Å²) in [6.45, 7) is 1.87. The number of nitrogens with two attached hydrogens (primary N) is 1. The van der Waals surface area contributed by atoms with Crippen molar-refractivity contribution in [2.75, 3.05) is 5.32 Å². The Kier molecular flexibility index (Phi) is 5.86. The van der Waals surface area contributed by atoms with Crippen molar-refractivity contribution < 1.29 is 14.3 Å². The monoisotopic (exact) mass is 376 g/mol. The highest BCUT2D eigenvalue weighted by Crippen LogP contribution is 2.19. The standard InChI is InChI=1S/C21H20N4O3/c1-14(15-7-10-17(11-8-15)25-21(22)27)24-20(26)16-9-12-19(23-13-16)28-18-5-3-2-4-6-18/h2-14H,1H3,(H,24,26)(H3,22,25,27). The fraction of sp³-hybridized carbons (Fsp3) is 0.0952. The van der Waals surface area contributed by atoms with Crippen LogP contribution >= 0.6 is 0 Å². The van der Waals surface area contributed by atoms with Gasteiger partial charge in [-0.25, -0.2) is 9.78 Å². The average Bonchev–Trinajstić information content (AvgIpc) is 2.69. The summed E-state index contributed by atoms with van der Waals surface area (Å²) in [6.07, 6.45) is 1.47. The molecular formula is C21H20N4O3. The lowest BCUT2D eigenvalue weighted by Gasteiger charge is -2.15. The van der Waals surface area contributed by atoms with Gasteiger partial charge in [0.25, 0.3) is 5.91 Å². The van der Waals surface area contributed by atoms with Crippen LogP contribution in [-0.2, 0) is 0 Å². The number of nitrogens with one attached hydrogen (secondary N) is 2. The summed E-state index contributed by atoms with van der Waals surface area (Å²) in [7, 11) is 0. The van der Waals surface area contributed by atoms with Crippen LogP contribution in [0.25, 0.3) is 0 Å². The molecular weight excluding hydrogens is 356 g/mol. The second-order valence-corrected chi connectivity index (χ2v) is 6.11. The third kappa shape index (κ3) is 5.07. The molecule has 0 saturated carbocycles. The molecule has 0 bridgehead atoms. The molecule has 4 N–H and O–H groups in total. The molecule has 1 unspecified atom stereocenters. The molecule has 0 radical (unpaired) electrons. The van der Waals surface area contributed by atoms with Gasteiger partial charge in [-0.15, -0.1) is 0 Å². The summed E-state index contributed by atoms with van der Waals surface area (Å²) >= 11 is 0. The second-order valence-electron chi connectivity index (χ2n) is 6.11. The topological polar surface area (TPSA) is 106 Å². The third-order valence-corrected chi connectivity index (χ3v) is 3.99. The Hall–Kier alpha value is -3.87. The van der Waals surface area contributed by atoms with E-state index in [0.29, 0.717) is 22.9 Å². The zero-order valence-corrected chi connectivity index (χ0v) is 15.3. The van der Waals surface area contributed by atoms with Crippen LogP contribution < -0.4 is 21.1 Å². The van der Waals surface area contributed by atoms with Crippen molar-refractivity contribution in [3.05, 3.63) is 84.1 Å². The van der Waals surface area contributed by atoms with Gasteiger partial charge >= 0.3 is 6.03 Å². The molecule has 0 aliphatic rings. The fourth-order valence-electron chi connectivity index (χ4n) is 2.54. The number of benzene rings is 2. The number of primary amides is 1. The van der Waals surface area contributed by atoms with E-state index in [0.717, 1.165) is 5.56 Å². The number of hydrogen-bond donors (Lipinski definition) is 3. The molecule has 7 nitrogen and oxygen atoms in total. The predicted molar refractivity (Wildman–Crippen MR) is 106 cm³/mol. The van der Waals surface area contributed by atoms with Crippen LogP contribution in [0.4, 0.5) is 10.5 Å². The van der Waals surface area contributed by atoms with Crippen LogP contribution in [0.2, 0.25) is 0 Å². The maximum atomic E-state index is 12.4. The molecule has 3 amide bonds. The number of urea groups is 1. The maximum Gasteiger partial charge on any atom is 0.316 e. The zero-order chi connectivity index (χ0) is 19.9. The first-order valence-electron chi connectivity index (χ1n) is 8.67. The van der Waals surface area contributed by atoms with E-state index in [1.54, 1.807) is 24.3 Å². The Balaban J connectivity index is 1.60. The van der Waals surface area contributed by atoms with Crippen molar-refractivity contribution in [3.8, 4) is 11.6 Å². The minimum absolute atomic E-state index is 0.227. The number of ether oxygens (including phenoxy) is 1. The highest BCUT2D eigenvalue weighted by atomic mass is 16.5. The van der Waals surface area contributed by atoms with Crippen molar-refractivity contribution >= 4 is 17.6 Å². The maximum absolute atomic E-state index is 12.4. The largest absolute Gasteiger partial charge is 0.439 e. The molecule has 1 aromatic heterocycles. The van der Waals surface area contributed by atoms with E-state index in [1.165, 1.54) is 6.20 Å². The minimum atomic E-state index is -0.624. The van der Waals surface area contributed by atoms with Crippen LogP contribution in [0.5, 0.6) is 11.6 Å². The van der Waals surface area contributed by atoms with Gasteiger partial charge in [-0.1, -0.05) is 30.3 Å². The van der Waals surface area contributed by atoms with Crippen LogP contribution in [0.3, 0.4) is 0 Å². The SMILES string of the molecule is CC(NC(=O)c1ccc(Oc2ccccc2)nc1)c1ccc(NC(N)=O)cc1. The van der Waals surface area contributed by atoms with E-state index in [9.17, 15) is 9.59 Å². The van der Waals surface area contributed by atoms with E-state index in [1.807, 2.05) is 49.4 Å². The average molecular weight is 376 g/mol. The normalized spacial score (nSPS) is 11.3. The minimum Gasteiger partial charge on any atom is -0.439 e. The van der Waals surface area contributed by atoms with Gasteiger partial charge in [-0.2, -0.15) is 0 Å². The van der Waals surface area contributed by atoms with E-state index in [2.05, 4.69) is 15.6 Å². The fourth-order valence-corrected chi connectivity index (χ4v) is 2.54. The summed E-state index contributed by atoms with van der Waals surface area (Å²) < 4.78 is 5.62. The van der Waals surface area contributed by atoms with Crippen molar-refractivity contribution in [3.63, 3.8) is 0 Å². The van der Waals surface area contributed by atoms with E-state index in [4.69, 9.17) is 10.5 Å². The summed E-state index contributed by atoms with van der Waals surface area (Å²) in [6, 6.07) is 18.8. The predicted octanol–water partition coefficient (Wildman–Crippen LogP) is 3.86. The van der Waals surface area contributed by atoms with Gasteiger partial charge in [0.2, 0.25) is 5.88 Å². The van der Waals surface area contributed by atoms with Crippen molar-refractivity contribution in [1.82, 2.24) is 10.3 Å². The summed E-state index contributed by atoms with van der Waals surface area (Å²) in [5.74, 6) is 0.842. The summed E-state index contributed by atoms with van der Waals surface area (Å²) in [5.41, 5.74) is 6.99. The summed E-state index contributed by atoms with van der Waals surface area (Å²) in [4.78, 5) is 27.5. The van der Waals surface area contributed by atoms with Crippen molar-refractivity contribution in [1.29, 1.82) is 0 Å². The van der Waals surface area contributed by atoms with E-state index >= 15 is 0 Å². The molecule has 1 heterocycles. The van der Waals surface area contributed by atoms with Gasteiger partial charge in [0.05, 0.1) is 11.6 Å². The molecule has 2 aromatic carbocycles. The third-order valence-electron chi connectivity index (χ3n) is 3.99. The molecule has 7 heteroatoms. The highest BCUT2D eigenvalue weighted by Gasteiger charge is 2.12. The second kappa shape index (κ2) is 8.68. The van der Waals surface area contributed by atoms with Crippen LogP contribution in [0.15, 0.2) is 72.9 Å². The first-order valence-corrected chi connectivity index (χ1v) is 8.67. The number of anilines is 1. The number of rotatable bonds is 6. The Bertz CT molecular complexity index is 942. The van der Waals surface area contributed by atoms with Crippen LogP contribution in [0, 0.1) is 0 Å². The Morgan fingerprint density at radius 1 is 1.00 bits per heavy atom.